The van der Waals surface area contributed by atoms with Crippen LogP contribution in [0.2, 0.25) is 5.02 Å². The number of carbonyl (C=O) groups is 3. The minimum atomic E-state index is -0.397. The lowest BCUT2D eigenvalue weighted by Gasteiger charge is -2.31. The van der Waals surface area contributed by atoms with Crippen LogP contribution in [0.4, 0.5) is 5.69 Å². The van der Waals surface area contributed by atoms with Crippen molar-refractivity contribution in [1.29, 1.82) is 0 Å². The molecule has 4 rings (SSSR count). The normalized spacial score (nSPS) is 14.0. The smallest absolute Gasteiger partial charge is 0.286 e. The molecule has 1 fully saturated rings. The van der Waals surface area contributed by atoms with Crippen LogP contribution in [-0.2, 0) is 11.3 Å². The minimum absolute atomic E-state index is 0.00193. The molecule has 3 aromatic rings. The third-order valence-corrected chi connectivity index (χ3v) is 6.77. The Kier molecular flexibility index (Phi) is 7.87. The van der Waals surface area contributed by atoms with Crippen molar-refractivity contribution in [2.75, 3.05) is 18.4 Å². The van der Waals surface area contributed by atoms with Gasteiger partial charge in [-0.15, -0.1) is 10.2 Å². The standard InChI is InChI=1S/C24H24ClN5O3S/c25-18-8-6-17(7-9-18)15-26-20(31)14-16-10-12-30(13-11-16)24(33)23-29-28-22(34-23)21(32)27-19-4-2-1-3-5-19/h1-9,16H,10-15H2,(H,26,31)(H,27,32). The summed E-state index contributed by atoms with van der Waals surface area (Å²) in [7, 11) is 0. The Bertz CT molecular complexity index is 1140. The number of halogens is 1. The van der Waals surface area contributed by atoms with E-state index in [0.717, 1.165) is 29.7 Å². The van der Waals surface area contributed by atoms with Crippen molar-refractivity contribution < 1.29 is 14.4 Å². The van der Waals surface area contributed by atoms with E-state index < -0.39 is 5.91 Å². The summed E-state index contributed by atoms with van der Waals surface area (Å²) >= 11 is 6.86. The number of likely N-dealkylation sites (tertiary alicyclic amines) is 1. The highest BCUT2D eigenvalue weighted by molar-refractivity contribution is 7.15. The fraction of sp³-hybridized carbons (Fsp3) is 0.292. The van der Waals surface area contributed by atoms with Gasteiger partial charge in [0, 0.05) is 36.8 Å². The number of aromatic nitrogens is 2. The van der Waals surface area contributed by atoms with Crippen LogP contribution in [0.1, 0.15) is 44.4 Å². The van der Waals surface area contributed by atoms with E-state index in [9.17, 15) is 14.4 Å². The fourth-order valence-corrected chi connectivity index (χ4v) is 4.55. The maximum absolute atomic E-state index is 12.8. The average molecular weight is 498 g/mol. The summed E-state index contributed by atoms with van der Waals surface area (Å²) < 4.78 is 0. The predicted molar refractivity (Wildman–Crippen MR) is 131 cm³/mol. The van der Waals surface area contributed by atoms with E-state index >= 15 is 0 Å². The van der Waals surface area contributed by atoms with E-state index in [1.807, 2.05) is 30.3 Å². The SMILES string of the molecule is O=C(CC1CCN(C(=O)c2nnc(C(=O)Nc3ccccc3)s2)CC1)NCc1ccc(Cl)cc1. The van der Waals surface area contributed by atoms with Gasteiger partial charge in [-0.2, -0.15) is 0 Å². The zero-order valence-corrected chi connectivity index (χ0v) is 19.9. The molecule has 0 spiro atoms. The van der Waals surface area contributed by atoms with Gasteiger partial charge in [0.25, 0.3) is 11.8 Å². The Morgan fingerprint density at radius 3 is 2.35 bits per heavy atom. The molecule has 176 valence electrons. The van der Waals surface area contributed by atoms with E-state index in [-0.39, 0.29) is 27.7 Å². The van der Waals surface area contributed by atoms with Crippen LogP contribution in [0.15, 0.2) is 54.6 Å². The van der Waals surface area contributed by atoms with Gasteiger partial charge in [0.05, 0.1) is 0 Å². The number of para-hydroxylation sites is 1. The summed E-state index contributed by atoms with van der Waals surface area (Å²) in [6.07, 6.45) is 1.90. The molecule has 3 amide bonds. The molecule has 0 unspecified atom stereocenters. The first-order valence-electron chi connectivity index (χ1n) is 11.0. The molecule has 1 saturated heterocycles. The topological polar surface area (TPSA) is 104 Å². The molecular weight excluding hydrogens is 474 g/mol. The minimum Gasteiger partial charge on any atom is -0.352 e. The highest BCUT2D eigenvalue weighted by Gasteiger charge is 2.27. The zero-order valence-electron chi connectivity index (χ0n) is 18.4. The first-order chi connectivity index (χ1) is 16.5. The Labute approximate surface area is 206 Å². The van der Waals surface area contributed by atoms with E-state index in [0.29, 0.717) is 36.8 Å². The molecule has 1 aliphatic heterocycles. The third-order valence-electron chi connectivity index (χ3n) is 5.61. The monoisotopic (exact) mass is 497 g/mol. The van der Waals surface area contributed by atoms with Gasteiger partial charge in [0.15, 0.2) is 0 Å². The second kappa shape index (κ2) is 11.2. The quantitative estimate of drug-likeness (QED) is 0.513. The molecule has 1 aromatic heterocycles. The lowest BCUT2D eigenvalue weighted by atomic mass is 9.93. The van der Waals surface area contributed by atoms with E-state index in [1.54, 1.807) is 29.2 Å². The van der Waals surface area contributed by atoms with Gasteiger partial charge in [-0.1, -0.05) is 53.3 Å². The summed E-state index contributed by atoms with van der Waals surface area (Å²) in [5, 5.41) is 14.5. The maximum atomic E-state index is 12.8. The second-order valence-corrected chi connectivity index (χ2v) is 9.49. The summed E-state index contributed by atoms with van der Waals surface area (Å²) in [5.74, 6) is -0.415. The number of nitrogens with zero attached hydrogens (tertiary/aromatic N) is 3. The fourth-order valence-electron chi connectivity index (χ4n) is 3.72. The van der Waals surface area contributed by atoms with Gasteiger partial charge < -0.3 is 15.5 Å². The van der Waals surface area contributed by atoms with Gasteiger partial charge >= 0.3 is 0 Å². The molecule has 8 nitrogen and oxygen atoms in total. The number of piperidine rings is 1. The molecule has 34 heavy (non-hydrogen) atoms. The van der Waals surface area contributed by atoms with Gasteiger partial charge in [-0.3, -0.25) is 14.4 Å². The molecule has 0 aliphatic carbocycles. The molecule has 0 radical (unpaired) electrons. The Morgan fingerprint density at radius 1 is 0.971 bits per heavy atom. The number of amides is 3. The third kappa shape index (κ3) is 6.39. The van der Waals surface area contributed by atoms with Crippen LogP contribution in [-0.4, -0.2) is 45.9 Å². The Hall–Kier alpha value is -3.30. The van der Waals surface area contributed by atoms with Crippen LogP contribution >= 0.6 is 22.9 Å². The lowest BCUT2D eigenvalue weighted by molar-refractivity contribution is -0.122. The van der Waals surface area contributed by atoms with Crippen molar-refractivity contribution in [1.82, 2.24) is 20.4 Å². The number of nitrogens with one attached hydrogen (secondary N) is 2. The van der Waals surface area contributed by atoms with E-state index in [2.05, 4.69) is 20.8 Å². The largest absolute Gasteiger partial charge is 0.352 e. The first-order valence-corrected chi connectivity index (χ1v) is 12.2. The van der Waals surface area contributed by atoms with Crippen LogP contribution in [0.25, 0.3) is 0 Å². The molecule has 0 saturated carbocycles. The van der Waals surface area contributed by atoms with Gasteiger partial charge in [-0.05, 0) is 48.6 Å². The summed E-state index contributed by atoms with van der Waals surface area (Å²) in [5.41, 5.74) is 1.64. The van der Waals surface area contributed by atoms with E-state index in [4.69, 9.17) is 11.6 Å². The van der Waals surface area contributed by atoms with Crippen LogP contribution in [0, 0.1) is 5.92 Å². The highest BCUT2D eigenvalue weighted by Crippen LogP contribution is 2.23. The van der Waals surface area contributed by atoms with Gasteiger partial charge in [0.2, 0.25) is 15.9 Å². The Balaban J connectivity index is 1.22. The molecule has 10 heteroatoms. The molecule has 0 bridgehead atoms. The average Bonchev–Trinajstić information content (AvgIpc) is 3.35. The number of hydrogen-bond donors (Lipinski definition) is 2. The number of rotatable bonds is 7. The second-order valence-electron chi connectivity index (χ2n) is 8.08. The van der Waals surface area contributed by atoms with E-state index in [1.165, 1.54) is 0 Å². The molecule has 0 atom stereocenters. The van der Waals surface area contributed by atoms with Crippen molar-refractivity contribution in [2.45, 2.75) is 25.8 Å². The molecular formula is C24H24ClN5O3S. The van der Waals surface area contributed by atoms with Crippen molar-refractivity contribution in [3.63, 3.8) is 0 Å². The number of benzene rings is 2. The molecule has 2 heterocycles. The maximum Gasteiger partial charge on any atom is 0.286 e. The number of carbonyl (C=O) groups excluding carboxylic acids is 3. The highest BCUT2D eigenvalue weighted by atomic mass is 35.5. The molecule has 2 N–H and O–H groups in total. The number of anilines is 1. The Morgan fingerprint density at radius 2 is 1.65 bits per heavy atom. The summed E-state index contributed by atoms with van der Waals surface area (Å²) in [6.45, 7) is 1.54. The van der Waals surface area contributed by atoms with Crippen molar-refractivity contribution in [3.8, 4) is 0 Å². The zero-order chi connectivity index (χ0) is 23.9. The van der Waals surface area contributed by atoms with Crippen molar-refractivity contribution in [3.05, 3.63) is 75.2 Å². The predicted octanol–water partition coefficient (Wildman–Crippen LogP) is 4.00. The summed E-state index contributed by atoms with van der Waals surface area (Å²) in [4.78, 5) is 39.2. The van der Waals surface area contributed by atoms with Crippen molar-refractivity contribution in [2.24, 2.45) is 5.92 Å². The number of hydrogen-bond acceptors (Lipinski definition) is 6. The molecule has 2 aromatic carbocycles. The molecule has 1 aliphatic rings. The van der Waals surface area contributed by atoms with Crippen LogP contribution < -0.4 is 10.6 Å². The van der Waals surface area contributed by atoms with Crippen molar-refractivity contribution >= 4 is 46.3 Å². The van der Waals surface area contributed by atoms with Crippen LogP contribution in [0.3, 0.4) is 0 Å². The first kappa shape index (κ1) is 23.8. The van der Waals surface area contributed by atoms with Gasteiger partial charge in [-0.25, -0.2) is 0 Å². The van der Waals surface area contributed by atoms with Gasteiger partial charge in [0.1, 0.15) is 0 Å². The summed E-state index contributed by atoms with van der Waals surface area (Å²) in [6, 6.07) is 16.4. The lowest BCUT2D eigenvalue weighted by Crippen LogP contribution is -2.39. The van der Waals surface area contributed by atoms with Crippen LogP contribution in [0.5, 0.6) is 0 Å².